The molecule has 0 heterocycles. The van der Waals surface area contributed by atoms with Crippen molar-refractivity contribution in [2.24, 2.45) is 5.92 Å². The molecule has 0 radical (unpaired) electrons. The van der Waals surface area contributed by atoms with Gasteiger partial charge in [-0.1, -0.05) is 32.6 Å². The summed E-state index contributed by atoms with van der Waals surface area (Å²) in [6, 6.07) is 0. The maximum atomic E-state index is 6.04. The zero-order valence-electron chi connectivity index (χ0n) is 11.0. The fourth-order valence-corrected chi connectivity index (χ4v) is 2.71. The summed E-state index contributed by atoms with van der Waals surface area (Å²) in [6.45, 7) is 11.0. The van der Waals surface area contributed by atoms with Gasteiger partial charge >= 0.3 is 0 Å². The Hall–Kier alpha value is -0.263. The van der Waals surface area contributed by atoms with Gasteiger partial charge in [0, 0.05) is 0 Å². The highest BCUT2D eigenvalue weighted by Crippen LogP contribution is 2.22. The molecule has 2 atom stereocenters. The quantitative estimate of drug-likeness (QED) is 0.470. The molecule has 0 fully saturated rings. The van der Waals surface area contributed by atoms with Crippen molar-refractivity contribution in [3.63, 3.8) is 0 Å². The highest BCUT2D eigenvalue weighted by Gasteiger charge is 2.25. The lowest BCUT2D eigenvalue weighted by molar-refractivity contribution is 0.167. The Labute approximate surface area is 96.7 Å². The molecule has 0 aliphatic heterocycles. The van der Waals surface area contributed by atoms with Gasteiger partial charge in [0.05, 0.1) is 0 Å². The molecule has 0 rings (SSSR count). The van der Waals surface area contributed by atoms with Gasteiger partial charge in [-0.05, 0) is 38.4 Å². The third kappa shape index (κ3) is 6.76. The van der Waals surface area contributed by atoms with Crippen LogP contribution in [0.5, 0.6) is 0 Å². The van der Waals surface area contributed by atoms with Gasteiger partial charge in [-0.2, -0.15) is 0 Å². The van der Waals surface area contributed by atoms with Crippen LogP contribution >= 0.6 is 0 Å². The van der Waals surface area contributed by atoms with Crippen molar-refractivity contribution in [2.45, 2.75) is 65.3 Å². The smallest absolute Gasteiger partial charge is 0.185 e. The summed E-state index contributed by atoms with van der Waals surface area (Å²) >= 11 is 0. The van der Waals surface area contributed by atoms with E-state index in [0.29, 0.717) is 5.92 Å². The molecule has 0 bridgehead atoms. The van der Waals surface area contributed by atoms with Gasteiger partial charge in [0.1, 0.15) is 6.10 Å². The molecule has 0 N–H and O–H groups in total. The zero-order chi connectivity index (χ0) is 11.9. The van der Waals surface area contributed by atoms with E-state index in [1.54, 1.807) is 0 Å². The number of hydrogen-bond donors (Lipinski definition) is 0. The lowest BCUT2D eigenvalue weighted by atomic mass is 9.94. The van der Waals surface area contributed by atoms with Crippen molar-refractivity contribution in [2.75, 3.05) is 0 Å². The predicted molar refractivity (Wildman–Crippen MR) is 70.4 cm³/mol. The van der Waals surface area contributed by atoms with E-state index in [4.69, 9.17) is 10.8 Å². The molecule has 0 saturated heterocycles. The van der Waals surface area contributed by atoms with Gasteiger partial charge in [0.2, 0.25) is 0 Å². The van der Waals surface area contributed by atoms with Crippen LogP contribution in [0.25, 0.3) is 0 Å². The Balaban J connectivity index is 4.29. The van der Waals surface area contributed by atoms with Crippen molar-refractivity contribution in [3.8, 4) is 12.3 Å². The molecule has 0 aromatic rings. The van der Waals surface area contributed by atoms with Gasteiger partial charge in [-0.25, -0.2) is 0 Å². The van der Waals surface area contributed by atoms with Crippen molar-refractivity contribution in [1.29, 1.82) is 0 Å². The first-order valence-corrected chi connectivity index (χ1v) is 9.49. The molecule has 2 heteroatoms. The minimum Gasteiger partial charge on any atom is -0.404 e. The average molecular weight is 226 g/mol. The van der Waals surface area contributed by atoms with Gasteiger partial charge < -0.3 is 4.43 Å². The topological polar surface area (TPSA) is 9.23 Å². The lowest BCUT2D eigenvalue weighted by Gasteiger charge is -2.28. The van der Waals surface area contributed by atoms with Gasteiger partial charge in [-0.15, -0.1) is 6.42 Å². The van der Waals surface area contributed by atoms with Crippen molar-refractivity contribution < 1.29 is 4.43 Å². The molecule has 0 aliphatic rings. The van der Waals surface area contributed by atoms with E-state index >= 15 is 0 Å². The maximum Gasteiger partial charge on any atom is 0.185 e. The minimum absolute atomic E-state index is 0.0354. The first kappa shape index (κ1) is 14.7. The molecule has 0 aromatic heterocycles. The van der Waals surface area contributed by atoms with E-state index in [1.165, 1.54) is 19.3 Å². The fourth-order valence-electron chi connectivity index (χ4n) is 1.68. The average Bonchev–Trinajstić information content (AvgIpc) is 2.15. The van der Waals surface area contributed by atoms with E-state index in [1.807, 2.05) is 0 Å². The summed E-state index contributed by atoms with van der Waals surface area (Å²) < 4.78 is 6.04. The molecule has 0 unspecified atom stereocenters. The molecule has 1 nitrogen and oxygen atoms in total. The maximum absolute atomic E-state index is 6.04. The molecule has 0 spiro atoms. The minimum atomic E-state index is -1.50. The second-order valence-corrected chi connectivity index (χ2v) is 9.59. The molecule has 0 aliphatic carbocycles. The van der Waals surface area contributed by atoms with Crippen LogP contribution < -0.4 is 0 Å². The van der Waals surface area contributed by atoms with E-state index < -0.39 is 8.32 Å². The van der Waals surface area contributed by atoms with E-state index in [0.717, 1.165) is 6.42 Å². The molecule has 0 amide bonds. The third-order valence-electron chi connectivity index (χ3n) is 2.53. The number of unbranched alkanes of at least 4 members (excludes halogenated alkanes) is 1. The van der Waals surface area contributed by atoms with Crippen LogP contribution in [0.2, 0.25) is 19.6 Å². The van der Waals surface area contributed by atoms with Crippen molar-refractivity contribution in [3.05, 3.63) is 0 Å². The van der Waals surface area contributed by atoms with Crippen LogP contribution in [0.15, 0.2) is 0 Å². The molecule has 0 saturated carbocycles. The van der Waals surface area contributed by atoms with Crippen molar-refractivity contribution in [1.82, 2.24) is 0 Å². The highest BCUT2D eigenvalue weighted by molar-refractivity contribution is 6.69. The van der Waals surface area contributed by atoms with Crippen LogP contribution in [0, 0.1) is 18.3 Å². The molecular weight excluding hydrogens is 200 g/mol. The first-order chi connectivity index (χ1) is 6.94. The van der Waals surface area contributed by atoms with Gasteiger partial charge in [0.15, 0.2) is 8.32 Å². The summed E-state index contributed by atoms with van der Waals surface area (Å²) in [6.07, 6.45) is 10.4. The van der Waals surface area contributed by atoms with E-state index in [-0.39, 0.29) is 6.10 Å². The number of rotatable bonds is 7. The van der Waals surface area contributed by atoms with E-state index in [9.17, 15) is 0 Å². The van der Waals surface area contributed by atoms with Gasteiger partial charge in [0.25, 0.3) is 0 Å². The Kier molecular flexibility index (Phi) is 6.96. The molecule has 0 aromatic carbocycles. The Bertz CT molecular complexity index is 200. The first-order valence-electron chi connectivity index (χ1n) is 6.08. The Morgan fingerprint density at radius 1 is 1.27 bits per heavy atom. The summed E-state index contributed by atoms with van der Waals surface area (Å²) in [5.41, 5.74) is 0. The summed E-state index contributed by atoms with van der Waals surface area (Å²) in [7, 11) is -1.50. The van der Waals surface area contributed by atoms with Crippen LogP contribution in [-0.4, -0.2) is 14.4 Å². The predicted octanol–water partition coefficient (Wildman–Crippen LogP) is 4.06. The van der Waals surface area contributed by atoms with Crippen LogP contribution in [0.1, 0.15) is 39.5 Å². The molecule has 15 heavy (non-hydrogen) atoms. The number of terminal acetylenes is 1. The second kappa shape index (κ2) is 7.08. The molecule has 88 valence electrons. The lowest BCUT2D eigenvalue weighted by Crippen LogP contribution is -2.35. The zero-order valence-corrected chi connectivity index (χ0v) is 12.0. The van der Waals surface area contributed by atoms with Crippen molar-refractivity contribution >= 4 is 8.32 Å². The van der Waals surface area contributed by atoms with Crippen LogP contribution in [0.4, 0.5) is 0 Å². The Morgan fingerprint density at radius 2 is 1.87 bits per heavy atom. The SMILES string of the molecule is C#C[C@H](O[Si](C)(C)C)[C@@H](CC)CCCC. The van der Waals surface area contributed by atoms with Crippen LogP contribution in [0.3, 0.4) is 0 Å². The van der Waals surface area contributed by atoms with Crippen LogP contribution in [-0.2, 0) is 4.43 Å². The summed E-state index contributed by atoms with van der Waals surface area (Å²) in [5, 5.41) is 0. The van der Waals surface area contributed by atoms with Gasteiger partial charge in [-0.3, -0.25) is 0 Å². The Morgan fingerprint density at radius 3 is 2.20 bits per heavy atom. The second-order valence-electron chi connectivity index (χ2n) is 5.13. The third-order valence-corrected chi connectivity index (χ3v) is 3.49. The van der Waals surface area contributed by atoms with E-state index in [2.05, 4.69) is 39.4 Å². The normalized spacial score (nSPS) is 15.7. The standard InChI is InChI=1S/C13H26OSi/c1-7-10-11-12(8-2)13(9-3)14-15(4,5)6/h3,12-13H,7-8,10-11H2,1-2,4-6H3/t12-,13-/m0/s1. The summed E-state index contributed by atoms with van der Waals surface area (Å²) in [5.74, 6) is 3.37. The monoisotopic (exact) mass is 226 g/mol. The molecular formula is C13H26OSi. The fraction of sp³-hybridized carbons (Fsp3) is 0.846. The highest BCUT2D eigenvalue weighted by atomic mass is 28.4. The largest absolute Gasteiger partial charge is 0.404 e. The summed E-state index contributed by atoms with van der Waals surface area (Å²) in [4.78, 5) is 0. The number of hydrogen-bond acceptors (Lipinski definition) is 1.